The van der Waals surface area contributed by atoms with Crippen LogP contribution < -0.4 is 15.4 Å². The first-order chi connectivity index (χ1) is 12.8. The predicted molar refractivity (Wildman–Crippen MR) is 113 cm³/mol. The fourth-order valence-corrected chi connectivity index (χ4v) is 2.94. The number of alkyl halides is 3. The Kier molecular flexibility index (Phi) is 10.6. The van der Waals surface area contributed by atoms with E-state index in [-0.39, 0.29) is 60.2 Å². The van der Waals surface area contributed by atoms with Crippen molar-refractivity contribution in [3.8, 4) is 5.88 Å². The summed E-state index contributed by atoms with van der Waals surface area (Å²) >= 11 is 5.80. The first-order valence-electron chi connectivity index (χ1n) is 8.88. The van der Waals surface area contributed by atoms with Crippen LogP contribution in [-0.2, 0) is 6.18 Å². The number of hydrogen-bond donors (Lipinski definition) is 3. The summed E-state index contributed by atoms with van der Waals surface area (Å²) in [5.74, 6) is 0.577. The molecule has 0 unspecified atom stereocenters. The van der Waals surface area contributed by atoms with Crippen molar-refractivity contribution in [1.82, 2.24) is 15.6 Å². The third-order valence-electron chi connectivity index (χ3n) is 4.12. The lowest BCUT2D eigenvalue weighted by Gasteiger charge is -2.27. The highest BCUT2D eigenvalue weighted by Crippen LogP contribution is 2.33. The number of halogens is 5. The van der Waals surface area contributed by atoms with Gasteiger partial charge >= 0.3 is 6.18 Å². The van der Waals surface area contributed by atoms with Crippen LogP contribution in [0.25, 0.3) is 0 Å². The number of hydrogen-bond acceptors (Lipinski definition) is 4. The second-order valence-corrected chi connectivity index (χ2v) is 6.67. The molecule has 0 bridgehead atoms. The second kappa shape index (κ2) is 11.9. The summed E-state index contributed by atoms with van der Waals surface area (Å²) in [6.45, 7) is 3.04. The van der Waals surface area contributed by atoms with Gasteiger partial charge in [-0.05, 0) is 38.7 Å². The molecule has 1 aliphatic rings. The van der Waals surface area contributed by atoms with Crippen molar-refractivity contribution >= 4 is 41.5 Å². The van der Waals surface area contributed by atoms with Crippen LogP contribution in [0.3, 0.4) is 0 Å². The number of aliphatic imine (C=N–C) groups is 1. The van der Waals surface area contributed by atoms with Gasteiger partial charge in [0.25, 0.3) is 0 Å². The lowest BCUT2D eigenvalue weighted by atomic mass is 9.93. The average Bonchev–Trinajstić information content (AvgIpc) is 2.61. The van der Waals surface area contributed by atoms with Crippen LogP contribution in [0.15, 0.2) is 17.3 Å². The second-order valence-electron chi connectivity index (χ2n) is 6.27. The number of nitrogens with zero attached hydrogens (tertiary/aromatic N) is 2. The summed E-state index contributed by atoms with van der Waals surface area (Å²) in [6, 6.07) is 1.04. The molecule has 0 atom stereocenters. The molecule has 0 saturated heterocycles. The predicted octanol–water partition coefficient (Wildman–Crippen LogP) is 3.61. The van der Waals surface area contributed by atoms with Crippen molar-refractivity contribution in [2.45, 2.75) is 50.9 Å². The van der Waals surface area contributed by atoms with Crippen molar-refractivity contribution in [1.29, 1.82) is 0 Å². The van der Waals surface area contributed by atoms with E-state index >= 15 is 0 Å². The maximum Gasteiger partial charge on any atom is 0.417 e. The molecule has 1 saturated carbocycles. The first-order valence-corrected chi connectivity index (χ1v) is 9.25. The minimum absolute atomic E-state index is 0. The zero-order valence-corrected chi connectivity index (χ0v) is 18.5. The Morgan fingerprint density at radius 1 is 1.36 bits per heavy atom. The Bertz CT molecular complexity index is 641. The molecule has 0 aromatic carbocycles. The standard InChI is InChI=1S/C17H24ClF3N4O2.HI/c1-2-22-16(25-12-3-5-13(26)6-4-12)23-7-8-27-15-14(18)9-11(10-24-15)17(19,20)21;/h9-10,12-13,26H,2-8H2,1H3,(H2,22,23,25);1H. The van der Waals surface area contributed by atoms with Gasteiger partial charge in [-0.3, -0.25) is 0 Å². The molecule has 11 heteroatoms. The van der Waals surface area contributed by atoms with Crippen LogP contribution in [0.2, 0.25) is 5.02 Å². The molecule has 1 aromatic rings. The first kappa shape index (κ1) is 25.0. The van der Waals surface area contributed by atoms with Crippen molar-refractivity contribution in [2.24, 2.45) is 4.99 Å². The molecule has 0 aliphatic heterocycles. The highest BCUT2D eigenvalue weighted by Gasteiger charge is 2.31. The van der Waals surface area contributed by atoms with E-state index in [9.17, 15) is 18.3 Å². The van der Waals surface area contributed by atoms with E-state index in [4.69, 9.17) is 16.3 Å². The fourth-order valence-electron chi connectivity index (χ4n) is 2.72. The van der Waals surface area contributed by atoms with Gasteiger partial charge in [0, 0.05) is 18.8 Å². The summed E-state index contributed by atoms with van der Waals surface area (Å²) in [5.41, 5.74) is -0.922. The van der Waals surface area contributed by atoms with Crippen molar-refractivity contribution in [2.75, 3.05) is 19.7 Å². The monoisotopic (exact) mass is 536 g/mol. The van der Waals surface area contributed by atoms with Crippen LogP contribution in [0.1, 0.15) is 38.2 Å². The molecule has 1 aromatic heterocycles. The maximum atomic E-state index is 12.6. The molecule has 28 heavy (non-hydrogen) atoms. The van der Waals surface area contributed by atoms with E-state index in [1.165, 1.54) is 0 Å². The Morgan fingerprint density at radius 3 is 2.61 bits per heavy atom. The lowest BCUT2D eigenvalue weighted by Crippen LogP contribution is -2.45. The molecule has 3 N–H and O–H groups in total. The minimum Gasteiger partial charge on any atom is -0.475 e. The number of guanidine groups is 1. The molecule has 2 rings (SSSR count). The summed E-state index contributed by atoms with van der Waals surface area (Å²) in [4.78, 5) is 8.01. The van der Waals surface area contributed by atoms with Crippen LogP contribution in [0.5, 0.6) is 5.88 Å². The Morgan fingerprint density at radius 2 is 2.04 bits per heavy atom. The normalized spacial score (nSPS) is 20.3. The van der Waals surface area contributed by atoms with Gasteiger partial charge < -0.3 is 20.5 Å². The van der Waals surface area contributed by atoms with Gasteiger partial charge in [-0.1, -0.05) is 11.6 Å². The molecule has 6 nitrogen and oxygen atoms in total. The minimum atomic E-state index is -4.50. The third kappa shape index (κ3) is 8.16. The van der Waals surface area contributed by atoms with Crippen LogP contribution in [0.4, 0.5) is 13.2 Å². The number of aromatic nitrogens is 1. The third-order valence-corrected chi connectivity index (χ3v) is 4.39. The summed E-state index contributed by atoms with van der Waals surface area (Å²) in [6.07, 6.45) is -0.775. The van der Waals surface area contributed by atoms with Gasteiger partial charge in [0.1, 0.15) is 11.6 Å². The number of nitrogens with one attached hydrogen (secondary N) is 2. The zero-order chi connectivity index (χ0) is 19.9. The molecule has 1 fully saturated rings. The highest BCUT2D eigenvalue weighted by molar-refractivity contribution is 14.0. The Balaban J connectivity index is 0.00000392. The maximum absolute atomic E-state index is 12.6. The molecule has 0 amide bonds. The molecular formula is C17H25ClF3IN4O2. The summed E-state index contributed by atoms with van der Waals surface area (Å²) < 4.78 is 43.1. The van der Waals surface area contributed by atoms with Crippen molar-refractivity contribution in [3.05, 3.63) is 22.8 Å². The van der Waals surface area contributed by atoms with Crippen molar-refractivity contribution in [3.63, 3.8) is 0 Å². The van der Waals surface area contributed by atoms with Gasteiger partial charge in [-0.2, -0.15) is 13.2 Å². The smallest absolute Gasteiger partial charge is 0.417 e. The van der Waals surface area contributed by atoms with E-state index in [0.29, 0.717) is 18.7 Å². The van der Waals surface area contributed by atoms with Crippen molar-refractivity contribution < 1.29 is 23.0 Å². The number of aliphatic hydroxyl groups is 1. The van der Waals surface area contributed by atoms with E-state index in [0.717, 1.165) is 31.7 Å². The van der Waals surface area contributed by atoms with Crippen LogP contribution >= 0.6 is 35.6 Å². The summed E-state index contributed by atoms with van der Waals surface area (Å²) in [5, 5.41) is 15.8. The number of rotatable bonds is 6. The highest BCUT2D eigenvalue weighted by atomic mass is 127. The molecule has 1 aliphatic carbocycles. The van der Waals surface area contributed by atoms with E-state index in [2.05, 4.69) is 20.6 Å². The van der Waals surface area contributed by atoms with Crippen LogP contribution in [-0.4, -0.2) is 47.9 Å². The average molecular weight is 537 g/mol. The molecular weight excluding hydrogens is 512 g/mol. The van der Waals surface area contributed by atoms with E-state index in [1.807, 2.05) is 6.92 Å². The van der Waals surface area contributed by atoms with E-state index < -0.39 is 11.7 Å². The van der Waals surface area contributed by atoms with Gasteiger partial charge in [0.15, 0.2) is 5.96 Å². The molecule has 0 radical (unpaired) electrons. The topological polar surface area (TPSA) is 78.8 Å². The molecule has 160 valence electrons. The lowest BCUT2D eigenvalue weighted by molar-refractivity contribution is -0.137. The largest absolute Gasteiger partial charge is 0.475 e. The quantitative estimate of drug-likeness (QED) is 0.224. The summed E-state index contributed by atoms with van der Waals surface area (Å²) in [7, 11) is 0. The Labute approximate surface area is 184 Å². The number of ether oxygens (including phenoxy) is 1. The molecule has 1 heterocycles. The number of aliphatic hydroxyl groups excluding tert-OH is 1. The van der Waals surface area contributed by atoms with Gasteiger partial charge in [-0.15, -0.1) is 24.0 Å². The van der Waals surface area contributed by atoms with Crippen LogP contribution in [0, 0.1) is 0 Å². The van der Waals surface area contributed by atoms with Gasteiger partial charge in [-0.25, -0.2) is 9.98 Å². The van der Waals surface area contributed by atoms with E-state index in [1.54, 1.807) is 0 Å². The SMILES string of the molecule is CCNC(=NCCOc1ncc(C(F)(F)F)cc1Cl)NC1CCC(O)CC1.I. The van der Waals surface area contributed by atoms with Gasteiger partial charge in [0.05, 0.1) is 18.2 Å². The number of pyridine rings is 1. The fraction of sp³-hybridized carbons (Fsp3) is 0.647. The van der Waals surface area contributed by atoms with Gasteiger partial charge in [0.2, 0.25) is 5.88 Å². The zero-order valence-electron chi connectivity index (χ0n) is 15.4. The molecule has 0 spiro atoms. The Hall–Kier alpha value is -1.01.